The van der Waals surface area contributed by atoms with E-state index in [1.54, 1.807) is 37.9 Å². The number of methoxy groups -OCH3 is 1. The van der Waals surface area contributed by atoms with Crippen molar-refractivity contribution in [2.24, 2.45) is 0 Å². The van der Waals surface area contributed by atoms with Crippen molar-refractivity contribution in [3.05, 3.63) is 57.2 Å². The first kappa shape index (κ1) is 20.2. The number of fused-ring (bicyclic) bond motifs is 1. The minimum atomic E-state index is -0.320. The maximum absolute atomic E-state index is 12.0. The molecular weight excluding hydrogens is 475 g/mol. The molecule has 0 unspecified atom stereocenters. The maximum Gasteiger partial charge on any atom is 0.338 e. The zero-order valence-electron chi connectivity index (χ0n) is 15.3. The Morgan fingerprint density at radius 3 is 2.70 bits per heavy atom. The van der Waals surface area contributed by atoms with Crippen molar-refractivity contribution in [1.29, 1.82) is 0 Å². The van der Waals surface area contributed by atoms with Crippen LogP contribution in [0.2, 0.25) is 0 Å². The Labute approximate surface area is 176 Å². The van der Waals surface area contributed by atoms with E-state index < -0.39 is 0 Å². The van der Waals surface area contributed by atoms with Crippen LogP contribution in [0.15, 0.2) is 47.6 Å². The number of hydrogen-bond donors (Lipinski definition) is 0. The number of esters is 1. The fourth-order valence-electron chi connectivity index (χ4n) is 2.69. The first-order valence-electron chi connectivity index (χ1n) is 8.66. The first-order chi connectivity index (χ1) is 13.1. The van der Waals surface area contributed by atoms with Gasteiger partial charge in [-0.2, -0.15) is 0 Å². The third-order valence-electron chi connectivity index (χ3n) is 4.02. The Bertz CT molecular complexity index is 925. The van der Waals surface area contributed by atoms with Gasteiger partial charge in [-0.05, 0) is 65.4 Å². The molecule has 3 rings (SSSR count). The average Bonchev–Trinajstić information content (AvgIpc) is 3.02. The number of halogens is 1. The molecule has 142 valence electrons. The highest BCUT2D eigenvalue weighted by Gasteiger charge is 2.14. The Balaban J connectivity index is 1.89. The molecule has 2 aromatic carbocycles. The molecule has 0 atom stereocenters. The summed E-state index contributed by atoms with van der Waals surface area (Å²) in [6, 6.07) is 14.0. The van der Waals surface area contributed by atoms with Crippen LogP contribution in [0.3, 0.4) is 0 Å². The van der Waals surface area contributed by atoms with E-state index in [1.807, 2.05) is 6.07 Å². The monoisotopic (exact) mass is 496 g/mol. The molecule has 0 N–H and O–H groups in total. The lowest BCUT2D eigenvalue weighted by atomic mass is 10.2. The fraction of sp³-hybridized carbons (Fsp3) is 0.300. The number of thioether (sulfide) groups is 1. The van der Waals surface area contributed by atoms with Gasteiger partial charge in [-0.15, -0.1) is 0 Å². The largest absolute Gasteiger partial charge is 0.462 e. The SMILES string of the molecule is CCOC(=O)c1ccc2c(c1)nc(SCc1ccc(I)cc1)n2CCOC. The molecule has 0 aliphatic rings. The van der Waals surface area contributed by atoms with Gasteiger partial charge >= 0.3 is 5.97 Å². The highest BCUT2D eigenvalue weighted by Crippen LogP contribution is 2.28. The van der Waals surface area contributed by atoms with Gasteiger partial charge in [-0.1, -0.05) is 23.9 Å². The van der Waals surface area contributed by atoms with Gasteiger partial charge in [0.1, 0.15) is 0 Å². The van der Waals surface area contributed by atoms with E-state index in [2.05, 4.69) is 51.4 Å². The molecule has 1 heterocycles. The van der Waals surface area contributed by atoms with Gasteiger partial charge in [-0.3, -0.25) is 0 Å². The summed E-state index contributed by atoms with van der Waals surface area (Å²) < 4.78 is 13.7. The second-order valence-electron chi connectivity index (χ2n) is 5.88. The minimum absolute atomic E-state index is 0.320. The standard InChI is InChI=1S/C20H21IN2O3S/c1-3-26-19(24)15-6-9-18-17(12-15)22-20(23(18)10-11-25-2)27-13-14-4-7-16(21)8-5-14/h4-9,12H,3,10-11,13H2,1-2H3. The lowest BCUT2D eigenvalue weighted by molar-refractivity contribution is 0.0526. The molecular formula is C20H21IN2O3S. The number of ether oxygens (including phenoxy) is 2. The summed E-state index contributed by atoms with van der Waals surface area (Å²) >= 11 is 3.99. The third kappa shape index (κ3) is 5.03. The number of carbonyl (C=O) groups excluding carboxylic acids is 1. The van der Waals surface area contributed by atoms with Crippen LogP contribution in [0.4, 0.5) is 0 Å². The summed E-state index contributed by atoms with van der Waals surface area (Å²) in [7, 11) is 1.69. The zero-order chi connectivity index (χ0) is 19.2. The Hall–Kier alpha value is -1.58. The molecule has 3 aromatic rings. The van der Waals surface area contributed by atoms with E-state index in [-0.39, 0.29) is 5.97 Å². The quantitative estimate of drug-likeness (QED) is 0.256. The predicted molar refractivity (Wildman–Crippen MR) is 116 cm³/mol. The molecule has 0 aliphatic heterocycles. The van der Waals surface area contributed by atoms with Gasteiger partial charge in [-0.25, -0.2) is 9.78 Å². The van der Waals surface area contributed by atoms with Crippen LogP contribution in [0.5, 0.6) is 0 Å². The van der Waals surface area contributed by atoms with Crippen LogP contribution in [-0.4, -0.2) is 35.8 Å². The fourth-order valence-corrected chi connectivity index (χ4v) is 4.04. The van der Waals surface area contributed by atoms with Crippen LogP contribution >= 0.6 is 34.4 Å². The normalized spacial score (nSPS) is 11.1. The lowest BCUT2D eigenvalue weighted by Crippen LogP contribution is -2.06. The topological polar surface area (TPSA) is 53.3 Å². The zero-order valence-corrected chi connectivity index (χ0v) is 18.2. The van der Waals surface area contributed by atoms with Crippen LogP contribution in [0, 0.1) is 3.57 Å². The number of rotatable bonds is 8. The van der Waals surface area contributed by atoms with Gasteiger partial charge in [0.2, 0.25) is 0 Å². The second kappa shape index (κ2) is 9.57. The number of imidazole rings is 1. The number of hydrogen-bond acceptors (Lipinski definition) is 5. The molecule has 7 heteroatoms. The summed E-state index contributed by atoms with van der Waals surface area (Å²) in [5, 5.41) is 0.918. The summed E-state index contributed by atoms with van der Waals surface area (Å²) in [5.74, 6) is 0.511. The van der Waals surface area contributed by atoms with Gasteiger partial charge in [0.25, 0.3) is 0 Å². The van der Waals surface area contributed by atoms with Crippen LogP contribution in [0.25, 0.3) is 11.0 Å². The molecule has 0 saturated heterocycles. The predicted octanol–water partition coefficient (Wildman–Crippen LogP) is 4.76. The summed E-state index contributed by atoms with van der Waals surface area (Å²) in [6.45, 7) is 3.47. The lowest BCUT2D eigenvalue weighted by Gasteiger charge is -2.08. The second-order valence-corrected chi connectivity index (χ2v) is 8.07. The number of benzene rings is 2. The smallest absolute Gasteiger partial charge is 0.338 e. The summed E-state index contributed by atoms with van der Waals surface area (Å²) in [4.78, 5) is 16.8. The van der Waals surface area contributed by atoms with E-state index in [0.29, 0.717) is 25.3 Å². The molecule has 5 nitrogen and oxygen atoms in total. The van der Waals surface area contributed by atoms with Gasteiger partial charge in [0.15, 0.2) is 5.16 Å². The van der Waals surface area contributed by atoms with E-state index in [4.69, 9.17) is 14.5 Å². The molecule has 0 spiro atoms. The maximum atomic E-state index is 12.0. The van der Waals surface area contributed by atoms with Gasteiger partial charge < -0.3 is 14.0 Å². The highest BCUT2D eigenvalue weighted by molar-refractivity contribution is 14.1. The molecule has 0 saturated carbocycles. The van der Waals surface area contributed by atoms with Crippen molar-refractivity contribution in [2.75, 3.05) is 20.3 Å². The van der Waals surface area contributed by atoms with Crippen LogP contribution < -0.4 is 0 Å². The Morgan fingerprint density at radius 2 is 2.00 bits per heavy atom. The van der Waals surface area contributed by atoms with E-state index in [0.717, 1.165) is 21.9 Å². The molecule has 0 fully saturated rings. The van der Waals surface area contributed by atoms with Crippen LogP contribution in [-0.2, 0) is 21.8 Å². The van der Waals surface area contributed by atoms with Crippen molar-refractivity contribution < 1.29 is 14.3 Å². The minimum Gasteiger partial charge on any atom is -0.462 e. The van der Waals surface area contributed by atoms with E-state index in [1.165, 1.54) is 9.13 Å². The first-order valence-corrected chi connectivity index (χ1v) is 10.7. The molecule has 27 heavy (non-hydrogen) atoms. The summed E-state index contributed by atoms with van der Waals surface area (Å²) in [5.41, 5.74) is 3.56. The van der Waals surface area contributed by atoms with Gasteiger partial charge in [0, 0.05) is 23.0 Å². The average molecular weight is 496 g/mol. The number of nitrogens with zero attached hydrogens (tertiary/aromatic N) is 2. The molecule has 0 amide bonds. The Kier molecular flexibility index (Phi) is 7.14. The molecule has 0 bridgehead atoms. The molecule has 1 aromatic heterocycles. The van der Waals surface area contributed by atoms with Crippen molar-refractivity contribution in [3.63, 3.8) is 0 Å². The van der Waals surface area contributed by atoms with Crippen LogP contribution in [0.1, 0.15) is 22.8 Å². The highest BCUT2D eigenvalue weighted by atomic mass is 127. The van der Waals surface area contributed by atoms with Crippen molar-refractivity contribution in [2.45, 2.75) is 24.4 Å². The van der Waals surface area contributed by atoms with Crippen molar-refractivity contribution in [1.82, 2.24) is 9.55 Å². The number of carbonyl (C=O) groups is 1. The third-order valence-corrected chi connectivity index (χ3v) is 5.79. The van der Waals surface area contributed by atoms with E-state index in [9.17, 15) is 4.79 Å². The van der Waals surface area contributed by atoms with Crippen molar-refractivity contribution in [3.8, 4) is 0 Å². The Morgan fingerprint density at radius 1 is 1.22 bits per heavy atom. The van der Waals surface area contributed by atoms with Gasteiger partial charge in [0.05, 0.1) is 29.8 Å². The van der Waals surface area contributed by atoms with Crippen molar-refractivity contribution >= 4 is 51.4 Å². The molecule has 0 aliphatic carbocycles. The van der Waals surface area contributed by atoms with E-state index >= 15 is 0 Å². The molecule has 0 radical (unpaired) electrons. The number of aromatic nitrogens is 2. The summed E-state index contributed by atoms with van der Waals surface area (Å²) in [6.07, 6.45) is 0.